The van der Waals surface area contributed by atoms with Gasteiger partial charge in [-0.05, 0) is 36.8 Å². The van der Waals surface area contributed by atoms with Crippen LogP contribution in [-0.4, -0.2) is 28.4 Å². The molecule has 1 aliphatic rings. The van der Waals surface area contributed by atoms with Gasteiger partial charge in [0.1, 0.15) is 6.10 Å². The summed E-state index contributed by atoms with van der Waals surface area (Å²) < 4.78 is 0. The molecule has 2 amide bonds. The Hall–Kier alpha value is -2.37. The van der Waals surface area contributed by atoms with Crippen LogP contribution in [0.15, 0.2) is 60.7 Å². The maximum Gasteiger partial charge on any atom is 0.315 e. The van der Waals surface area contributed by atoms with Crippen LogP contribution in [0.25, 0.3) is 0 Å². The van der Waals surface area contributed by atoms with Crippen molar-refractivity contribution in [1.29, 1.82) is 0 Å². The first-order chi connectivity index (χ1) is 12.6. The van der Waals surface area contributed by atoms with Gasteiger partial charge in [-0.25, -0.2) is 4.79 Å². The average molecular weight is 354 g/mol. The SMILES string of the molecule is O=C(NC1CCC(O)CC1)N[C@@H](c1ccccc1)[C@H](O)c1ccccc1. The second kappa shape index (κ2) is 8.83. The van der Waals surface area contributed by atoms with Crippen LogP contribution >= 0.6 is 0 Å². The van der Waals surface area contributed by atoms with Crippen LogP contribution in [0.3, 0.4) is 0 Å². The lowest BCUT2D eigenvalue weighted by molar-refractivity contribution is 0.114. The highest BCUT2D eigenvalue weighted by atomic mass is 16.3. The number of rotatable bonds is 5. The zero-order chi connectivity index (χ0) is 18.4. The number of carbonyl (C=O) groups excluding carboxylic acids is 1. The third-order valence-corrected chi connectivity index (χ3v) is 4.93. The molecule has 4 N–H and O–H groups in total. The van der Waals surface area contributed by atoms with E-state index in [0.29, 0.717) is 12.8 Å². The van der Waals surface area contributed by atoms with Crippen molar-refractivity contribution in [3.63, 3.8) is 0 Å². The maximum atomic E-state index is 12.5. The first-order valence-corrected chi connectivity index (χ1v) is 9.16. The maximum absolute atomic E-state index is 12.5. The molecule has 1 saturated carbocycles. The molecule has 5 nitrogen and oxygen atoms in total. The molecule has 2 aromatic carbocycles. The van der Waals surface area contributed by atoms with E-state index in [4.69, 9.17) is 0 Å². The summed E-state index contributed by atoms with van der Waals surface area (Å²) in [5.74, 6) is 0. The number of carbonyl (C=O) groups is 1. The van der Waals surface area contributed by atoms with Gasteiger partial charge in [0.05, 0.1) is 12.1 Å². The quantitative estimate of drug-likeness (QED) is 0.666. The Morgan fingerprint density at radius 2 is 1.42 bits per heavy atom. The summed E-state index contributed by atoms with van der Waals surface area (Å²) in [5.41, 5.74) is 1.60. The number of amides is 2. The summed E-state index contributed by atoms with van der Waals surface area (Å²) in [6, 6.07) is 18.0. The molecule has 0 aliphatic heterocycles. The monoisotopic (exact) mass is 354 g/mol. The molecular weight excluding hydrogens is 328 g/mol. The fourth-order valence-electron chi connectivity index (χ4n) is 3.44. The standard InChI is InChI=1S/C21H26N2O3/c24-18-13-11-17(12-14-18)22-21(26)23-19(15-7-3-1-4-8-15)20(25)16-9-5-2-6-10-16/h1-10,17-20,24-25H,11-14H2,(H2,22,23,26)/t17?,18?,19-,20+/m0/s1. The molecule has 1 fully saturated rings. The molecule has 0 unspecified atom stereocenters. The van der Waals surface area contributed by atoms with E-state index in [-0.39, 0.29) is 18.2 Å². The average Bonchev–Trinajstić information content (AvgIpc) is 2.69. The number of hydrogen-bond donors (Lipinski definition) is 4. The van der Waals surface area contributed by atoms with Crippen molar-refractivity contribution in [3.8, 4) is 0 Å². The molecule has 2 aromatic rings. The van der Waals surface area contributed by atoms with E-state index in [1.54, 1.807) is 0 Å². The summed E-state index contributed by atoms with van der Waals surface area (Å²) in [4.78, 5) is 12.5. The van der Waals surface area contributed by atoms with E-state index in [0.717, 1.165) is 24.0 Å². The lowest BCUT2D eigenvalue weighted by Gasteiger charge is -2.29. The van der Waals surface area contributed by atoms with Crippen molar-refractivity contribution < 1.29 is 15.0 Å². The zero-order valence-corrected chi connectivity index (χ0v) is 14.7. The molecule has 2 atom stereocenters. The van der Waals surface area contributed by atoms with Gasteiger partial charge in [-0.15, -0.1) is 0 Å². The number of nitrogens with one attached hydrogen (secondary N) is 2. The zero-order valence-electron chi connectivity index (χ0n) is 14.7. The smallest absolute Gasteiger partial charge is 0.315 e. The topological polar surface area (TPSA) is 81.6 Å². The lowest BCUT2D eigenvalue weighted by atomic mass is 9.93. The molecule has 26 heavy (non-hydrogen) atoms. The largest absolute Gasteiger partial charge is 0.393 e. The van der Waals surface area contributed by atoms with Crippen LogP contribution in [-0.2, 0) is 0 Å². The van der Waals surface area contributed by atoms with E-state index in [1.807, 2.05) is 60.7 Å². The fourth-order valence-corrected chi connectivity index (χ4v) is 3.44. The number of hydrogen-bond acceptors (Lipinski definition) is 3. The molecule has 0 radical (unpaired) electrons. The summed E-state index contributed by atoms with van der Waals surface area (Å²) in [6.07, 6.45) is 1.85. The van der Waals surface area contributed by atoms with Crippen molar-refractivity contribution in [2.75, 3.05) is 0 Å². The fraction of sp³-hybridized carbons (Fsp3) is 0.381. The molecule has 1 aliphatic carbocycles. The Balaban J connectivity index is 1.70. The summed E-state index contributed by atoms with van der Waals surface area (Å²) in [5, 5.41) is 26.3. The first-order valence-electron chi connectivity index (χ1n) is 9.16. The Morgan fingerprint density at radius 1 is 0.885 bits per heavy atom. The van der Waals surface area contributed by atoms with Gasteiger partial charge < -0.3 is 20.8 Å². The molecule has 138 valence electrons. The minimum atomic E-state index is -0.850. The number of aliphatic hydroxyl groups excluding tert-OH is 2. The van der Waals surface area contributed by atoms with Crippen LogP contribution in [0.1, 0.15) is 49.0 Å². The summed E-state index contributed by atoms with van der Waals surface area (Å²) >= 11 is 0. The predicted molar refractivity (Wildman–Crippen MR) is 101 cm³/mol. The minimum Gasteiger partial charge on any atom is -0.393 e. The summed E-state index contributed by atoms with van der Waals surface area (Å²) in [7, 11) is 0. The van der Waals surface area contributed by atoms with Crippen LogP contribution in [0, 0.1) is 0 Å². The molecule has 0 heterocycles. The predicted octanol–water partition coefficient (Wildman–Crippen LogP) is 3.06. The molecule has 0 spiro atoms. The minimum absolute atomic E-state index is 0.0590. The van der Waals surface area contributed by atoms with E-state index in [1.165, 1.54) is 0 Å². The molecule has 5 heteroatoms. The second-order valence-corrected chi connectivity index (χ2v) is 6.87. The van der Waals surface area contributed by atoms with Gasteiger partial charge in [0, 0.05) is 6.04 Å². The first kappa shape index (κ1) is 18.4. The van der Waals surface area contributed by atoms with Crippen molar-refractivity contribution in [2.45, 2.75) is 50.0 Å². The highest BCUT2D eigenvalue weighted by Crippen LogP contribution is 2.28. The molecular formula is C21H26N2O3. The van der Waals surface area contributed by atoms with Gasteiger partial charge in [-0.3, -0.25) is 0 Å². The van der Waals surface area contributed by atoms with Gasteiger partial charge in [0.25, 0.3) is 0 Å². The van der Waals surface area contributed by atoms with Gasteiger partial charge in [-0.2, -0.15) is 0 Å². The van der Waals surface area contributed by atoms with E-state index in [2.05, 4.69) is 10.6 Å². The molecule has 3 rings (SSSR count). The summed E-state index contributed by atoms with van der Waals surface area (Å²) in [6.45, 7) is 0. The number of benzene rings is 2. The molecule has 0 bridgehead atoms. The van der Waals surface area contributed by atoms with Gasteiger partial charge in [0.15, 0.2) is 0 Å². The Morgan fingerprint density at radius 3 is 2.00 bits per heavy atom. The van der Waals surface area contributed by atoms with Crippen molar-refractivity contribution in [1.82, 2.24) is 10.6 Å². The van der Waals surface area contributed by atoms with Gasteiger partial charge in [-0.1, -0.05) is 60.7 Å². The lowest BCUT2D eigenvalue weighted by Crippen LogP contribution is -2.46. The van der Waals surface area contributed by atoms with E-state index in [9.17, 15) is 15.0 Å². The van der Waals surface area contributed by atoms with E-state index < -0.39 is 12.1 Å². The Kier molecular flexibility index (Phi) is 6.26. The van der Waals surface area contributed by atoms with Gasteiger partial charge >= 0.3 is 6.03 Å². The van der Waals surface area contributed by atoms with Crippen LogP contribution in [0.4, 0.5) is 4.79 Å². The third kappa shape index (κ3) is 4.84. The third-order valence-electron chi connectivity index (χ3n) is 4.93. The van der Waals surface area contributed by atoms with Crippen LogP contribution in [0.5, 0.6) is 0 Å². The molecule has 0 aromatic heterocycles. The van der Waals surface area contributed by atoms with Crippen LogP contribution < -0.4 is 10.6 Å². The number of urea groups is 1. The van der Waals surface area contributed by atoms with Gasteiger partial charge in [0.2, 0.25) is 0 Å². The van der Waals surface area contributed by atoms with Crippen molar-refractivity contribution in [2.24, 2.45) is 0 Å². The van der Waals surface area contributed by atoms with E-state index >= 15 is 0 Å². The molecule has 0 saturated heterocycles. The Bertz CT molecular complexity index is 685. The highest BCUT2D eigenvalue weighted by Gasteiger charge is 2.26. The Labute approximate surface area is 154 Å². The highest BCUT2D eigenvalue weighted by molar-refractivity contribution is 5.75. The van der Waals surface area contributed by atoms with Crippen molar-refractivity contribution in [3.05, 3.63) is 71.8 Å². The second-order valence-electron chi connectivity index (χ2n) is 6.87. The number of aliphatic hydroxyl groups is 2. The normalized spacial score (nSPS) is 22.2. The van der Waals surface area contributed by atoms with Crippen LogP contribution in [0.2, 0.25) is 0 Å². The van der Waals surface area contributed by atoms with Crippen molar-refractivity contribution >= 4 is 6.03 Å².